The van der Waals surface area contributed by atoms with Crippen LogP contribution in [0.15, 0.2) is 42.7 Å². The van der Waals surface area contributed by atoms with Gasteiger partial charge in [0.25, 0.3) is 0 Å². The molecule has 0 aliphatic carbocycles. The maximum Gasteiger partial charge on any atom is 0.161 e. The van der Waals surface area contributed by atoms with E-state index in [1.165, 1.54) is 5.56 Å². The predicted molar refractivity (Wildman–Crippen MR) is 87.4 cm³/mol. The Balaban J connectivity index is 1.75. The molecule has 0 spiro atoms. The van der Waals surface area contributed by atoms with Crippen LogP contribution in [-0.4, -0.2) is 32.9 Å². The van der Waals surface area contributed by atoms with Gasteiger partial charge in [-0.2, -0.15) is 0 Å². The van der Waals surface area contributed by atoms with Crippen molar-refractivity contribution >= 4 is 10.9 Å². The number of hydrogen-bond donors (Lipinski definition) is 0. The molecule has 2 aromatic heterocycles. The fraction of sp³-hybridized carbons (Fsp3) is 0.278. The first kappa shape index (κ1) is 13.3. The van der Waals surface area contributed by atoms with Crippen LogP contribution in [0.3, 0.4) is 0 Å². The maximum absolute atomic E-state index is 4.80. The van der Waals surface area contributed by atoms with Gasteiger partial charge in [0.2, 0.25) is 0 Å². The first-order valence-electron chi connectivity index (χ1n) is 7.76. The lowest BCUT2D eigenvalue weighted by Crippen LogP contribution is -2.31. The lowest BCUT2D eigenvalue weighted by molar-refractivity contribution is 0.263. The third-order valence-electron chi connectivity index (χ3n) is 4.32. The molecule has 4 nitrogen and oxygen atoms in total. The summed E-state index contributed by atoms with van der Waals surface area (Å²) in [5, 5.41) is 1.12. The Bertz CT molecular complexity index is 828. The highest BCUT2D eigenvalue weighted by atomic mass is 15.1. The number of hydrogen-bond acceptors (Lipinski definition) is 4. The molecule has 1 aliphatic heterocycles. The van der Waals surface area contributed by atoms with Crippen LogP contribution in [0.2, 0.25) is 0 Å². The monoisotopic (exact) mass is 290 g/mol. The van der Waals surface area contributed by atoms with Gasteiger partial charge in [-0.3, -0.25) is 9.88 Å². The van der Waals surface area contributed by atoms with Gasteiger partial charge in [-0.1, -0.05) is 25.1 Å². The van der Waals surface area contributed by atoms with Gasteiger partial charge in [0.1, 0.15) is 0 Å². The summed E-state index contributed by atoms with van der Waals surface area (Å²) < 4.78 is 0. The zero-order valence-electron chi connectivity index (χ0n) is 12.7. The third kappa shape index (κ3) is 2.35. The van der Waals surface area contributed by atoms with E-state index in [0.29, 0.717) is 0 Å². The van der Waals surface area contributed by atoms with E-state index in [2.05, 4.69) is 33.9 Å². The summed E-state index contributed by atoms with van der Waals surface area (Å²) in [6.07, 6.45) is 4.89. The van der Waals surface area contributed by atoms with E-state index in [-0.39, 0.29) is 0 Å². The molecule has 1 aliphatic rings. The van der Waals surface area contributed by atoms with Crippen molar-refractivity contribution in [1.29, 1.82) is 0 Å². The highest BCUT2D eigenvalue weighted by Gasteiger charge is 2.17. The van der Waals surface area contributed by atoms with E-state index >= 15 is 0 Å². The van der Waals surface area contributed by atoms with Crippen molar-refractivity contribution in [3.05, 3.63) is 54.0 Å². The van der Waals surface area contributed by atoms with Gasteiger partial charge in [0, 0.05) is 36.4 Å². The molecule has 22 heavy (non-hydrogen) atoms. The minimum atomic E-state index is 0.773. The number of benzene rings is 1. The summed E-state index contributed by atoms with van der Waals surface area (Å²) in [7, 11) is 0. The number of fused-ring (bicyclic) bond motifs is 2. The SMILES string of the molecule is CCN1CCc2cnc(-c3cnc4ccccc4c3)nc2C1. The van der Waals surface area contributed by atoms with Crippen molar-refractivity contribution in [3.8, 4) is 11.4 Å². The van der Waals surface area contributed by atoms with Crippen molar-refractivity contribution in [2.75, 3.05) is 13.1 Å². The van der Waals surface area contributed by atoms with Crippen LogP contribution < -0.4 is 0 Å². The standard InChI is InChI=1S/C18H18N4/c1-2-22-8-7-14-10-20-18(21-17(14)12-22)15-9-13-5-3-4-6-16(13)19-11-15/h3-6,9-11H,2,7-8,12H2,1H3. The molecule has 4 rings (SSSR count). The summed E-state index contributed by atoms with van der Waals surface area (Å²) in [4.78, 5) is 16.3. The van der Waals surface area contributed by atoms with E-state index in [4.69, 9.17) is 4.98 Å². The van der Waals surface area contributed by atoms with Crippen LogP contribution >= 0.6 is 0 Å². The molecule has 0 fully saturated rings. The van der Waals surface area contributed by atoms with Crippen LogP contribution in [0.25, 0.3) is 22.3 Å². The Morgan fingerprint density at radius 3 is 2.95 bits per heavy atom. The fourth-order valence-electron chi connectivity index (χ4n) is 2.96. The van der Waals surface area contributed by atoms with Gasteiger partial charge >= 0.3 is 0 Å². The third-order valence-corrected chi connectivity index (χ3v) is 4.32. The summed E-state index contributed by atoms with van der Waals surface area (Å²) in [5.41, 5.74) is 4.42. The molecule has 0 unspecified atom stereocenters. The second-order valence-electron chi connectivity index (χ2n) is 5.70. The minimum Gasteiger partial charge on any atom is -0.297 e. The molecule has 110 valence electrons. The number of rotatable bonds is 2. The van der Waals surface area contributed by atoms with E-state index in [0.717, 1.165) is 54.0 Å². The van der Waals surface area contributed by atoms with Crippen molar-refractivity contribution in [2.24, 2.45) is 0 Å². The average Bonchev–Trinajstić information content (AvgIpc) is 2.60. The molecule has 0 atom stereocenters. The molecule has 3 aromatic rings. The number of para-hydroxylation sites is 1. The molecule has 0 radical (unpaired) electrons. The zero-order chi connectivity index (χ0) is 14.9. The fourth-order valence-corrected chi connectivity index (χ4v) is 2.96. The molecule has 0 saturated heterocycles. The molecule has 4 heteroatoms. The van der Waals surface area contributed by atoms with Crippen LogP contribution in [-0.2, 0) is 13.0 Å². The maximum atomic E-state index is 4.80. The van der Waals surface area contributed by atoms with E-state index in [1.807, 2.05) is 30.6 Å². The van der Waals surface area contributed by atoms with Crippen LogP contribution in [0.4, 0.5) is 0 Å². The van der Waals surface area contributed by atoms with E-state index in [1.54, 1.807) is 0 Å². The molecule has 0 saturated carbocycles. The van der Waals surface area contributed by atoms with Crippen molar-refractivity contribution in [1.82, 2.24) is 19.9 Å². The molecule has 0 N–H and O–H groups in total. The highest BCUT2D eigenvalue weighted by Crippen LogP contribution is 2.22. The smallest absolute Gasteiger partial charge is 0.161 e. The van der Waals surface area contributed by atoms with E-state index < -0.39 is 0 Å². The Hall–Kier alpha value is -2.33. The van der Waals surface area contributed by atoms with Crippen molar-refractivity contribution in [3.63, 3.8) is 0 Å². The summed E-state index contributed by atoms with van der Waals surface area (Å²) in [6.45, 7) is 5.28. The van der Waals surface area contributed by atoms with Gasteiger partial charge in [-0.05, 0) is 30.7 Å². The molecular weight excluding hydrogens is 272 g/mol. The van der Waals surface area contributed by atoms with Gasteiger partial charge in [0.05, 0.1) is 11.2 Å². The molecule has 0 bridgehead atoms. The Labute approximate surface area is 129 Å². The lowest BCUT2D eigenvalue weighted by atomic mass is 10.1. The predicted octanol–water partition coefficient (Wildman–Crippen LogP) is 3.07. The Morgan fingerprint density at radius 2 is 2.05 bits per heavy atom. The first-order valence-corrected chi connectivity index (χ1v) is 7.76. The molecule has 3 heterocycles. The molecule has 0 amide bonds. The van der Waals surface area contributed by atoms with Gasteiger partial charge in [-0.25, -0.2) is 9.97 Å². The van der Waals surface area contributed by atoms with Crippen molar-refractivity contribution in [2.45, 2.75) is 19.9 Å². The zero-order valence-corrected chi connectivity index (χ0v) is 12.7. The van der Waals surface area contributed by atoms with Gasteiger partial charge in [-0.15, -0.1) is 0 Å². The first-order chi connectivity index (χ1) is 10.8. The summed E-state index contributed by atoms with van der Waals surface area (Å²) in [5.74, 6) is 0.773. The normalized spacial score (nSPS) is 15.0. The number of nitrogens with zero attached hydrogens (tertiary/aromatic N) is 4. The summed E-state index contributed by atoms with van der Waals surface area (Å²) in [6, 6.07) is 10.2. The van der Waals surface area contributed by atoms with Crippen molar-refractivity contribution < 1.29 is 0 Å². The second-order valence-corrected chi connectivity index (χ2v) is 5.70. The Kier molecular flexibility index (Phi) is 3.31. The van der Waals surface area contributed by atoms with Gasteiger partial charge < -0.3 is 0 Å². The summed E-state index contributed by atoms with van der Waals surface area (Å²) >= 11 is 0. The van der Waals surface area contributed by atoms with E-state index in [9.17, 15) is 0 Å². The largest absolute Gasteiger partial charge is 0.297 e. The number of aromatic nitrogens is 3. The molecular formula is C18H18N4. The number of pyridine rings is 1. The molecule has 1 aromatic carbocycles. The topological polar surface area (TPSA) is 41.9 Å². The average molecular weight is 290 g/mol. The van der Waals surface area contributed by atoms with Crippen LogP contribution in [0.5, 0.6) is 0 Å². The van der Waals surface area contributed by atoms with Crippen LogP contribution in [0, 0.1) is 0 Å². The van der Waals surface area contributed by atoms with Gasteiger partial charge in [0.15, 0.2) is 5.82 Å². The second kappa shape index (κ2) is 5.46. The lowest BCUT2D eigenvalue weighted by Gasteiger charge is -2.26. The highest BCUT2D eigenvalue weighted by molar-refractivity contribution is 5.82. The van der Waals surface area contributed by atoms with Crippen LogP contribution in [0.1, 0.15) is 18.2 Å². The number of likely N-dealkylation sites (N-methyl/N-ethyl adjacent to an activating group) is 1. The Morgan fingerprint density at radius 1 is 1.14 bits per heavy atom. The quantitative estimate of drug-likeness (QED) is 0.727. The minimum absolute atomic E-state index is 0.773.